The van der Waals surface area contributed by atoms with Crippen LogP contribution < -0.4 is 10.6 Å². The number of nitroso groups, excluding NO2 is 1. The van der Waals surface area contributed by atoms with E-state index in [4.69, 9.17) is 16.7 Å². The number of benzene rings is 1. The molecule has 1 atom stereocenters. The highest BCUT2D eigenvalue weighted by Gasteiger charge is 2.23. The number of carboxylic acid groups (broad SMARTS) is 1. The first-order valence-electron chi connectivity index (χ1n) is 6.18. The molecule has 0 fully saturated rings. The van der Waals surface area contributed by atoms with Crippen molar-refractivity contribution in [2.24, 2.45) is 5.18 Å². The molecular weight excluding hydrogens is 298 g/mol. The number of aryl methyl sites for hydroxylation is 1. The number of nitrogens with zero attached hydrogens (tertiary/aromatic N) is 1. The van der Waals surface area contributed by atoms with Crippen molar-refractivity contribution in [3.05, 3.63) is 33.2 Å². The molecule has 0 saturated carbocycles. The molecule has 0 spiro atoms. The SMILES string of the molecule is CNCC(=O)NC(CC(=O)O)c1cc(Cl)cc(C)c1N=O. The molecule has 3 N–H and O–H groups in total. The Balaban J connectivity index is 3.21. The Morgan fingerprint density at radius 1 is 1.43 bits per heavy atom. The second-order valence-corrected chi connectivity index (χ2v) is 4.94. The lowest BCUT2D eigenvalue weighted by molar-refractivity contribution is -0.137. The van der Waals surface area contributed by atoms with Gasteiger partial charge in [-0.25, -0.2) is 0 Å². The van der Waals surface area contributed by atoms with Crippen LogP contribution in [0.15, 0.2) is 17.3 Å². The number of carbonyl (C=O) groups excluding carboxylic acids is 1. The smallest absolute Gasteiger partial charge is 0.305 e. The molecule has 1 amide bonds. The highest BCUT2D eigenvalue weighted by atomic mass is 35.5. The number of rotatable bonds is 7. The van der Waals surface area contributed by atoms with Crippen LogP contribution in [0.3, 0.4) is 0 Å². The first-order chi connectivity index (χ1) is 9.88. The van der Waals surface area contributed by atoms with Crippen LogP contribution in [-0.2, 0) is 9.59 Å². The van der Waals surface area contributed by atoms with Crippen LogP contribution in [0.1, 0.15) is 23.6 Å². The highest BCUT2D eigenvalue weighted by Crippen LogP contribution is 2.33. The van der Waals surface area contributed by atoms with Gasteiger partial charge in [0.2, 0.25) is 5.91 Å². The third-order valence-corrected chi connectivity index (χ3v) is 3.03. The zero-order valence-electron chi connectivity index (χ0n) is 11.6. The average Bonchev–Trinajstić information content (AvgIpc) is 2.36. The van der Waals surface area contributed by atoms with Gasteiger partial charge in [0.25, 0.3) is 0 Å². The molecule has 0 aliphatic heterocycles. The van der Waals surface area contributed by atoms with E-state index >= 15 is 0 Å². The van der Waals surface area contributed by atoms with E-state index < -0.39 is 17.9 Å². The van der Waals surface area contributed by atoms with Crippen molar-refractivity contribution in [2.45, 2.75) is 19.4 Å². The third-order valence-electron chi connectivity index (χ3n) is 2.81. The Hall–Kier alpha value is -1.99. The van der Waals surface area contributed by atoms with Crippen LogP contribution >= 0.6 is 11.6 Å². The van der Waals surface area contributed by atoms with Crippen molar-refractivity contribution in [2.75, 3.05) is 13.6 Å². The fraction of sp³-hybridized carbons (Fsp3) is 0.385. The summed E-state index contributed by atoms with van der Waals surface area (Å²) in [6, 6.07) is 2.11. The summed E-state index contributed by atoms with van der Waals surface area (Å²) in [7, 11) is 1.59. The average molecular weight is 314 g/mol. The summed E-state index contributed by atoms with van der Waals surface area (Å²) in [5.41, 5.74) is 0.906. The summed E-state index contributed by atoms with van der Waals surface area (Å²) in [5, 5.41) is 17.5. The fourth-order valence-corrected chi connectivity index (χ4v) is 2.25. The molecule has 0 radical (unpaired) electrons. The summed E-state index contributed by atoms with van der Waals surface area (Å²) in [6.45, 7) is 1.67. The molecular formula is C13H16ClN3O4. The van der Waals surface area contributed by atoms with E-state index in [1.165, 1.54) is 6.07 Å². The van der Waals surface area contributed by atoms with Gasteiger partial charge in [0, 0.05) is 10.6 Å². The number of carboxylic acids is 1. The topological polar surface area (TPSA) is 108 Å². The molecule has 1 rings (SSSR count). The van der Waals surface area contributed by atoms with Gasteiger partial charge < -0.3 is 15.7 Å². The summed E-state index contributed by atoms with van der Waals surface area (Å²) >= 11 is 5.94. The van der Waals surface area contributed by atoms with Gasteiger partial charge in [0.1, 0.15) is 5.69 Å². The minimum Gasteiger partial charge on any atom is -0.481 e. The second kappa shape index (κ2) is 7.70. The molecule has 7 nitrogen and oxygen atoms in total. The maximum atomic E-state index is 11.7. The molecule has 0 aliphatic rings. The number of likely N-dealkylation sites (N-methyl/N-ethyl adjacent to an activating group) is 1. The number of amides is 1. The van der Waals surface area contributed by atoms with Crippen LogP contribution in [0.5, 0.6) is 0 Å². The minimum atomic E-state index is -1.11. The molecule has 1 unspecified atom stereocenters. The van der Waals surface area contributed by atoms with E-state index in [9.17, 15) is 14.5 Å². The number of hydrogen-bond donors (Lipinski definition) is 3. The molecule has 21 heavy (non-hydrogen) atoms. The molecule has 8 heteroatoms. The fourth-order valence-electron chi connectivity index (χ4n) is 1.97. The molecule has 0 bridgehead atoms. The zero-order chi connectivity index (χ0) is 16.0. The van der Waals surface area contributed by atoms with E-state index in [1.54, 1.807) is 20.0 Å². The Labute approximate surface area is 126 Å². The van der Waals surface area contributed by atoms with Crippen molar-refractivity contribution in [1.82, 2.24) is 10.6 Å². The van der Waals surface area contributed by atoms with E-state index in [0.717, 1.165) is 0 Å². The summed E-state index contributed by atoms with van der Waals surface area (Å²) in [4.78, 5) is 33.6. The number of hydrogen-bond acceptors (Lipinski definition) is 5. The normalized spacial score (nSPS) is 11.8. The van der Waals surface area contributed by atoms with E-state index in [1.807, 2.05) is 0 Å². The molecule has 1 aromatic rings. The Kier molecular flexibility index (Phi) is 6.26. The van der Waals surface area contributed by atoms with Crippen molar-refractivity contribution < 1.29 is 14.7 Å². The third kappa shape index (κ3) is 4.80. The van der Waals surface area contributed by atoms with Gasteiger partial charge in [-0.3, -0.25) is 9.59 Å². The number of halogens is 1. The zero-order valence-corrected chi connectivity index (χ0v) is 12.4. The first kappa shape index (κ1) is 17.1. The van der Waals surface area contributed by atoms with Crippen LogP contribution in [0.4, 0.5) is 5.69 Å². The lowest BCUT2D eigenvalue weighted by atomic mass is 9.99. The van der Waals surface area contributed by atoms with E-state index in [0.29, 0.717) is 16.1 Å². The van der Waals surface area contributed by atoms with E-state index in [2.05, 4.69) is 15.8 Å². The van der Waals surface area contributed by atoms with Gasteiger partial charge in [0.05, 0.1) is 19.0 Å². The Morgan fingerprint density at radius 2 is 2.10 bits per heavy atom. The second-order valence-electron chi connectivity index (χ2n) is 4.50. The molecule has 114 valence electrons. The quantitative estimate of drug-likeness (QED) is 0.666. The van der Waals surface area contributed by atoms with Crippen molar-refractivity contribution in [3.63, 3.8) is 0 Å². The minimum absolute atomic E-state index is 0.0273. The maximum absolute atomic E-state index is 11.7. The standard InChI is InChI=1S/C13H16ClN3O4/c1-7-3-8(14)4-9(13(7)17-21)10(5-12(19)20)16-11(18)6-15-2/h3-4,10,15H,5-6H2,1-2H3,(H,16,18)(H,19,20). The Morgan fingerprint density at radius 3 is 2.62 bits per heavy atom. The van der Waals surface area contributed by atoms with Crippen molar-refractivity contribution in [1.29, 1.82) is 0 Å². The number of nitrogens with one attached hydrogen (secondary N) is 2. The largest absolute Gasteiger partial charge is 0.481 e. The number of aliphatic carboxylic acids is 1. The summed E-state index contributed by atoms with van der Waals surface area (Å²) in [6.07, 6.45) is -0.377. The lowest BCUT2D eigenvalue weighted by Gasteiger charge is -2.19. The highest BCUT2D eigenvalue weighted by molar-refractivity contribution is 6.30. The predicted molar refractivity (Wildman–Crippen MR) is 78.7 cm³/mol. The first-order valence-corrected chi connectivity index (χ1v) is 6.56. The molecule has 0 aliphatic carbocycles. The molecule has 0 heterocycles. The van der Waals surface area contributed by atoms with Crippen molar-refractivity contribution in [3.8, 4) is 0 Å². The van der Waals surface area contributed by atoms with E-state index in [-0.39, 0.29) is 18.7 Å². The molecule has 0 saturated heterocycles. The molecule has 0 aromatic heterocycles. The predicted octanol–water partition coefficient (Wildman–Crippen LogP) is 1.90. The van der Waals surface area contributed by atoms with Gasteiger partial charge in [0.15, 0.2) is 0 Å². The van der Waals surface area contributed by atoms with Gasteiger partial charge in [-0.1, -0.05) is 11.6 Å². The van der Waals surface area contributed by atoms with Crippen LogP contribution in [0, 0.1) is 11.8 Å². The van der Waals surface area contributed by atoms with Crippen LogP contribution in [0.25, 0.3) is 0 Å². The summed E-state index contributed by atoms with van der Waals surface area (Å²) in [5.74, 6) is -1.50. The molecule has 1 aromatic carbocycles. The number of carbonyl (C=O) groups is 2. The van der Waals surface area contributed by atoms with Crippen LogP contribution in [0.2, 0.25) is 5.02 Å². The monoisotopic (exact) mass is 313 g/mol. The van der Waals surface area contributed by atoms with Gasteiger partial charge >= 0.3 is 5.97 Å². The van der Waals surface area contributed by atoms with Gasteiger partial charge in [-0.05, 0) is 36.8 Å². The van der Waals surface area contributed by atoms with Crippen LogP contribution in [-0.4, -0.2) is 30.6 Å². The lowest BCUT2D eigenvalue weighted by Crippen LogP contribution is -2.36. The summed E-state index contributed by atoms with van der Waals surface area (Å²) < 4.78 is 0. The van der Waals surface area contributed by atoms with Gasteiger partial charge in [-0.15, -0.1) is 4.91 Å². The maximum Gasteiger partial charge on any atom is 0.305 e. The van der Waals surface area contributed by atoms with Crippen molar-refractivity contribution >= 4 is 29.2 Å². The Bertz CT molecular complexity index is 563. The van der Waals surface area contributed by atoms with Gasteiger partial charge in [-0.2, -0.15) is 0 Å².